The van der Waals surface area contributed by atoms with Gasteiger partial charge in [0.05, 0.1) is 13.2 Å². The molecule has 2 atom stereocenters. The first-order valence-corrected chi connectivity index (χ1v) is 9.04. The molecule has 5 nitrogen and oxygen atoms in total. The molecule has 3 rings (SSSR count). The normalized spacial score (nSPS) is 20.0. The monoisotopic (exact) mass is 353 g/mol. The van der Waals surface area contributed by atoms with E-state index in [-0.39, 0.29) is 6.10 Å². The molecule has 1 aliphatic rings. The molecule has 2 N–H and O–H groups in total. The van der Waals surface area contributed by atoms with Crippen LogP contribution >= 0.6 is 0 Å². The van der Waals surface area contributed by atoms with Crippen molar-refractivity contribution in [3.05, 3.63) is 65.7 Å². The van der Waals surface area contributed by atoms with Crippen LogP contribution in [0.3, 0.4) is 0 Å². The summed E-state index contributed by atoms with van der Waals surface area (Å²) in [4.78, 5) is 4.32. The zero-order valence-electron chi connectivity index (χ0n) is 15.4. The van der Waals surface area contributed by atoms with E-state index in [0.29, 0.717) is 12.5 Å². The van der Waals surface area contributed by atoms with Gasteiger partial charge in [-0.15, -0.1) is 0 Å². The van der Waals surface area contributed by atoms with Crippen molar-refractivity contribution in [1.82, 2.24) is 10.6 Å². The lowest BCUT2D eigenvalue weighted by Gasteiger charge is -2.21. The SMILES string of the molecule is CN=C(NCc1ccc(OC)cc1)NCC1CCOC1c1ccccc1. The van der Waals surface area contributed by atoms with E-state index in [1.807, 2.05) is 18.2 Å². The zero-order chi connectivity index (χ0) is 18.2. The number of benzene rings is 2. The number of methoxy groups -OCH3 is 1. The molecule has 1 aliphatic heterocycles. The summed E-state index contributed by atoms with van der Waals surface area (Å²) in [6.07, 6.45) is 1.21. The molecule has 2 aromatic rings. The summed E-state index contributed by atoms with van der Waals surface area (Å²) in [7, 11) is 3.47. The fraction of sp³-hybridized carbons (Fsp3) is 0.381. The molecule has 0 spiro atoms. The standard InChI is InChI=1S/C21H27N3O2/c1-22-21(23-14-16-8-10-19(25-2)11-9-16)24-15-18-12-13-26-20(18)17-6-4-3-5-7-17/h3-11,18,20H,12-15H2,1-2H3,(H2,22,23,24). The lowest BCUT2D eigenvalue weighted by molar-refractivity contribution is 0.0915. The van der Waals surface area contributed by atoms with E-state index < -0.39 is 0 Å². The smallest absolute Gasteiger partial charge is 0.191 e. The average molecular weight is 353 g/mol. The van der Waals surface area contributed by atoms with E-state index >= 15 is 0 Å². The van der Waals surface area contributed by atoms with Crippen molar-refractivity contribution in [3.63, 3.8) is 0 Å². The number of rotatable bonds is 6. The molecule has 2 aromatic carbocycles. The summed E-state index contributed by atoms with van der Waals surface area (Å²) in [5, 5.41) is 6.80. The Morgan fingerprint density at radius 3 is 2.58 bits per heavy atom. The number of nitrogens with zero attached hydrogens (tertiary/aromatic N) is 1. The summed E-state index contributed by atoms with van der Waals surface area (Å²) in [5.74, 6) is 2.11. The van der Waals surface area contributed by atoms with Crippen LogP contribution in [0.25, 0.3) is 0 Å². The van der Waals surface area contributed by atoms with Crippen LogP contribution in [-0.2, 0) is 11.3 Å². The van der Waals surface area contributed by atoms with Crippen LogP contribution in [0.15, 0.2) is 59.6 Å². The first kappa shape index (κ1) is 18.3. The first-order chi connectivity index (χ1) is 12.8. The number of ether oxygens (including phenoxy) is 2. The maximum absolute atomic E-state index is 5.96. The molecule has 0 bridgehead atoms. The van der Waals surface area contributed by atoms with Gasteiger partial charge in [-0.25, -0.2) is 0 Å². The lowest BCUT2D eigenvalue weighted by atomic mass is 9.95. The van der Waals surface area contributed by atoms with Crippen LogP contribution in [0.5, 0.6) is 5.75 Å². The largest absolute Gasteiger partial charge is 0.497 e. The number of aliphatic imine (C=N–C) groups is 1. The van der Waals surface area contributed by atoms with Gasteiger partial charge in [-0.1, -0.05) is 42.5 Å². The van der Waals surface area contributed by atoms with Crippen LogP contribution < -0.4 is 15.4 Å². The first-order valence-electron chi connectivity index (χ1n) is 9.04. The van der Waals surface area contributed by atoms with E-state index in [1.54, 1.807) is 14.2 Å². The summed E-state index contributed by atoms with van der Waals surface area (Å²) in [6, 6.07) is 18.5. The molecule has 2 unspecified atom stereocenters. The number of guanidine groups is 1. The van der Waals surface area contributed by atoms with E-state index in [0.717, 1.165) is 31.3 Å². The number of nitrogens with one attached hydrogen (secondary N) is 2. The Balaban J connectivity index is 1.50. The molecule has 0 aliphatic carbocycles. The van der Waals surface area contributed by atoms with Crippen LogP contribution in [-0.4, -0.2) is 33.3 Å². The van der Waals surface area contributed by atoms with Gasteiger partial charge in [0.15, 0.2) is 5.96 Å². The topological polar surface area (TPSA) is 54.9 Å². The van der Waals surface area contributed by atoms with Gasteiger partial charge in [0.25, 0.3) is 0 Å². The van der Waals surface area contributed by atoms with Gasteiger partial charge in [-0.2, -0.15) is 0 Å². The Morgan fingerprint density at radius 1 is 1.12 bits per heavy atom. The highest BCUT2D eigenvalue weighted by atomic mass is 16.5. The predicted octanol–water partition coefficient (Wildman–Crippen LogP) is 3.14. The van der Waals surface area contributed by atoms with Crippen molar-refractivity contribution in [3.8, 4) is 5.75 Å². The predicted molar refractivity (Wildman–Crippen MR) is 104 cm³/mol. The summed E-state index contributed by atoms with van der Waals surface area (Å²) >= 11 is 0. The van der Waals surface area contributed by atoms with Crippen LogP contribution in [0.1, 0.15) is 23.7 Å². The van der Waals surface area contributed by atoms with Crippen LogP contribution in [0, 0.1) is 5.92 Å². The van der Waals surface area contributed by atoms with Crippen LogP contribution in [0.4, 0.5) is 0 Å². The maximum Gasteiger partial charge on any atom is 0.191 e. The summed E-state index contributed by atoms with van der Waals surface area (Å²) < 4.78 is 11.1. The van der Waals surface area contributed by atoms with Gasteiger partial charge >= 0.3 is 0 Å². The highest BCUT2D eigenvalue weighted by Gasteiger charge is 2.29. The molecule has 0 amide bonds. The molecular weight excluding hydrogens is 326 g/mol. The van der Waals surface area contributed by atoms with Gasteiger partial charge in [-0.05, 0) is 29.7 Å². The average Bonchev–Trinajstić information content (AvgIpc) is 3.18. The van der Waals surface area contributed by atoms with Crippen molar-refractivity contribution in [2.75, 3.05) is 27.3 Å². The Morgan fingerprint density at radius 2 is 1.88 bits per heavy atom. The van der Waals surface area contributed by atoms with Crippen molar-refractivity contribution in [2.45, 2.75) is 19.1 Å². The third-order valence-electron chi connectivity index (χ3n) is 4.72. The van der Waals surface area contributed by atoms with Gasteiger partial charge in [0, 0.05) is 32.7 Å². The van der Waals surface area contributed by atoms with Crippen molar-refractivity contribution in [1.29, 1.82) is 0 Å². The Hall–Kier alpha value is -2.53. The quantitative estimate of drug-likeness (QED) is 0.619. The second-order valence-electron chi connectivity index (χ2n) is 6.41. The number of hydrogen-bond acceptors (Lipinski definition) is 3. The lowest BCUT2D eigenvalue weighted by Crippen LogP contribution is -2.39. The Labute approximate surface area is 155 Å². The maximum atomic E-state index is 5.96. The van der Waals surface area contributed by atoms with Gasteiger partial charge in [-0.3, -0.25) is 4.99 Å². The minimum atomic E-state index is 0.156. The molecule has 0 radical (unpaired) electrons. The third kappa shape index (κ3) is 4.76. The van der Waals surface area contributed by atoms with Crippen LogP contribution in [0.2, 0.25) is 0 Å². The molecule has 0 aromatic heterocycles. The fourth-order valence-corrected chi connectivity index (χ4v) is 3.23. The Bertz CT molecular complexity index is 701. The highest BCUT2D eigenvalue weighted by molar-refractivity contribution is 5.79. The molecule has 5 heteroatoms. The molecule has 0 saturated carbocycles. The summed E-state index contributed by atoms with van der Waals surface area (Å²) in [6.45, 7) is 2.36. The molecular formula is C21H27N3O2. The summed E-state index contributed by atoms with van der Waals surface area (Å²) in [5.41, 5.74) is 2.43. The molecule has 138 valence electrons. The fourth-order valence-electron chi connectivity index (χ4n) is 3.23. The van der Waals surface area contributed by atoms with Gasteiger partial charge in [0.2, 0.25) is 0 Å². The molecule has 1 fully saturated rings. The van der Waals surface area contributed by atoms with Gasteiger partial charge in [0.1, 0.15) is 5.75 Å². The zero-order valence-corrected chi connectivity index (χ0v) is 15.4. The minimum Gasteiger partial charge on any atom is -0.497 e. The molecule has 26 heavy (non-hydrogen) atoms. The minimum absolute atomic E-state index is 0.156. The third-order valence-corrected chi connectivity index (χ3v) is 4.72. The van der Waals surface area contributed by atoms with Gasteiger partial charge < -0.3 is 20.1 Å². The van der Waals surface area contributed by atoms with E-state index in [1.165, 1.54) is 11.1 Å². The van der Waals surface area contributed by atoms with E-state index in [2.05, 4.69) is 52.0 Å². The number of hydrogen-bond donors (Lipinski definition) is 2. The Kier molecular flexibility index (Phi) is 6.50. The molecule has 1 heterocycles. The second kappa shape index (κ2) is 9.25. The van der Waals surface area contributed by atoms with E-state index in [4.69, 9.17) is 9.47 Å². The molecule has 1 saturated heterocycles. The highest BCUT2D eigenvalue weighted by Crippen LogP contribution is 2.33. The van der Waals surface area contributed by atoms with Crippen molar-refractivity contribution < 1.29 is 9.47 Å². The second-order valence-corrected chi connectivity index (χ2v) is 6.41. The van der Waals surface area contributed by atoms with Crippen molar-refractivity contribution >= 4 is 5.96 Å². The van der Waals surface area contributed by atoms with E-state index in [9.17, 15) is 0 Å². The van der Waals surface area contributed by atoms with Crippen molar-refractivity contribution in [2.24, 2.45) is 10.9 Å².